The van der Waals surface area contributed by atoms with Crippen LogP contribution in [0.3, 0.4) is 0 Å². The van der Waals surface area contributed by atoms with Crippen LogP contribution in [-0.4, -0.2) is 28.0 Å². The molecule has 26 heavy (non-hydrogen) atoms. The van der Waals surface area contributed by atoms with Crippen molar-refractivity contribution in [2.24, 2.45) is 0 Å². The normalized spacial score (nSPS) is 17.1. The molecule has 0 spiro atoms. The number of carbonyl (C=O) groups excluding carboxylic acids is 1. The molecule has 4 rings (SSSR count). The van der Waals surface area contributed by atoms with E-state index in [4.69, 9.17) is 4.74 Å². The van der Waals surface area contributed by atoms with Gasteiger partial charge in [-0.1, -0.05) is 42.5 Å². The molecule has 5 heteroatoms. The molecular formula is C21H23N3O2. The standard InChI is InChI=1S/C21H23N3O2/c1-21(2,3)26-20(25)24-17-11-7-6-10-16(17)19(23-24)18-15-9-5-4-8-14(15)12-13-22-18/h4-11,18,22H,12-13H2,1-3H3/t18-/m0/s1. The first-order valence-corrected chi connectivity index (χ1v) is 8.96. The highest BCUT2D eigenvalue weighted by Gasteiger charge is 2.28. The lowest BCUT2D eigenvalue weighted by atomic mass is 9.91. The first kappa shape index (κ1) is 16.8. The van der Waals surface area contributed by atoms with Gasteiger partial charge in [0.1, 0.15) is 5.60 Å². The summed E-state index contributed by atoms with van der Waals surface area (Å²) in [5, 5.41) is 9.20. The summed E-state index contributed by atoms with van der Waals surface area (Å²) in [5.74, 6) is 0. The quantitative estimate of drug-likeness (QED) is 0.720. The van der Waals surface area contributed by atoms with E-state index in [-0.39, 0.29) is 6.04 Å². The van der Waals surface area contributed by atoms with Crippen molar-refractivity contribution in [3.8, 4) is 0 Å². The summed E-state index contributed by atoms with van der Waals surface area (Å²) < 4.78 is 6.93. The monoisotopic (exact) mass is 349 g/mol. The lowest BCUT2D eigenvalue weighted by Crippen LogP contribution is -2.31. The van der Waals surface area contributed by atoms with Crippen LogP contribution < -0.4 is 5.32 Å². The Balaban J connectivity index is 1.84. The van der Waals surface area contributed by atoms with Gasteiger partial charge in [-0.15, -0.1) is 0 Å². The third kappa shape index (κ3) is 2.99. The average Bonchev–Trinajstić information content (AvgIpc) is 2.99. The molecule has 0 radical (unpaired) electrons. The molecule has 1 N–H and O–H groups in total. The van der Waals surface area contributed by atoms with E-state index < -0.39 is 11.7 Å². The number of hydrogen-bond donors (Lipinski definition) is 1. The number of hydrogen-bond acceptors (Lipinski definition) is 4. The van der Waals surface area contributed by atoms with Crippen molar-refractivity contribution in [2.45, 2.75) is 38.8 Å². The van der Waals surface area contributed by atoms with Crippen LogP contribution in [0.15, 0.2) is 48.5 Å². The summed E-state index contributed by atoms with van der Waals surface area (Å²) in [5.41, 5.74) is 3.60. The SMILES string of the molecule is CC(C)(C)OC(=O)n1nc([C@H]2NCCc3ccccc32)c2ccccc21. The molecule has 0 saturated heterocycles. The fourth-order valence-electron chi connectivity index (χ4n) is 3.50. The van der Waals surface area contributed by atoms with E-state index in [0.717, 1.165) is 29.6 Å². The highest BCUT2D eigenvalue weighted by atomic mass is 16.6. The van der Waals surface area contributed by atoms with Crippen molar-refractivity contribution in [1.82, 2.24) is 15.1 Å². The van der Waals surface area contributed by atoms with E-state index in [2.05, 4.69) is 28.6 Å². The Morgan fingerprint density at radius 1 is 1.15 bits per heavy atom. The van der Waals surface area contributed by atoms with E-state index in [9.17, 15) is 4.79 Å². The van der Waals surface area contributed by atoms with Gasteiger partial charge < -0.3 is 10.1 Å². The number of nitrogens with one attached hydrogen (secondary N) is 1. The molecule has 1 aliphatic heterocycles. The molecule has 134 valence electrons. The van der Waals surface area contributed by atoms with Crippen molar-refractivity contribution >= 4 is 17.0 Å². The van der Waals surface area contributed by atoms with Gasteiger partial charge in [-0.25, -0.2) is 4.79 Å². The summed E-state index contributed by atoms with van der Waals surface area (Å²) in [6.45, 7) is 6.46. The first-order chi connectivity index (χ1) is 12.4. The molecule has 1 aliphatic rings. The fraction of sp³-hybridized carbons (Fsp3) is 0.333. The van der Waals surface area contributed by atoms with Gasteiger partial charge in [0, 0.05) is 11.9 Å². The Hall–Kier alpha value is -2.66. The van der Waals surface area contributed by atoms with Gasteiger partial charge >= 0.3 is 6.09 Å². The Kier molecular flexibility index (Phi) is 4.04. The zero-order chi connectivity index (χ0) is 18.3. The number of rotatable bonds is 1. The minimum Gasteiger partial charge on any atom is -0.442 e. The van der Waals surface area contributed by atoms with Crippen LogP contribution >= 0.6 is 0 Å². The van der Waals surface area contributed by atoms with Crippen molar-refractivity contribution in [3.63, 3.8) is 0 Å². The smallest absolute Gasteiger partial charge is 0.435 e. The van der Waals surface area contributed by atoms with Crippen LogP contribution in [0.25, 0.3) is 10.9 Å². The van der Waals surface area contributed by atoms with Crippen LogP contribution in [0, 0.1) is 0 Å². The first-order valence-electron chi connectivity index (χ1n) is 8.96. The van der Waals surface area contributed by atoms with E-state index >= 15 is 0 Å². The van der Waals surface area contributed by atoms with Gasteiger partial charge in [0.25, 0.3) is 0 Å². The fourth-order valence-corrected chi connectivity index (χ4v) is 3.50. The molecule has 3 aromatic rings. The van der Waals surface area contributed by atoms with Gasteiger partial charge in [-0.3, -0.25) is 0 Å². The second-order valence-corrected chi connectivity index (χ2v) is 7.63. The minimum absolute atomic E-state index is 0.0338. The molecule has 2 aromatic carbocycles. The molecule has 0 saturated carbocycles. The Morgan fingerprint density at radius 2 is 1.88 bits per heavy atom. The maximum Gasteiger partial charge on any atom is 0.435 e. The number of fused-ring (bicyclic) bond motifs is 2. The summed E-state index contributed by atoms with van der Waals surface area (Å²) in [6.07, 6.45) is 0.543. The van der Waals surface area contributed by atoms with Crippen molar-refractivity contribution in [3.05, 3.63) is 65.4 Å². The second-order valence-electron chi connectivity index (χ2n) is 7.63. The molecule has 0 amide bonds. The highest BCUT2D eigenvalue weighted by molar-refractivity contribution is 5.90. The summed E-state index contributed by atoms with van der Waals surface area (Å²) in [6, 6.07) is 16.2. The van der Waals surface area contributed by atoms with E-state index in [1.54, 1.807) is 0 Å². The van der Waals surface area contributed by atoms with Crippen LogP contribution in [-0.2, 0) is 11.2 Å². The van der Waals surface area contributed by atoms with Crippen LogP contribution in [0.1, 0.15) is 43.6 Å². The van der Waals surface area contributed by atoms with Crippen LogP contribution in [0.2, 0.25) is 0 Å². The lowest BCUT2D eigenvalue weighted by Gasteiger charge is -2.26. The largest absolute Gasteiger partial charge is 0.442 e. The van der Waals surface area contributed by atoms with E-state index in [0.29, 0.717) is 0 Å². The zero-order valence-electron chi connectivity index (χ0n) is 15.3. The minimum atomic E-state index is -0.569. The molecule has 0 bridgehead atoms. The van der Waals surface area contributed by atoms with Gasteiger partial charge in [0.2, 0.25) is 0 Å². The lowest BCUT2D eigenvalue weighted by molar-refractivity contribution is 0.0521. The topological polar surface area (TPSA) is 56.2 Å². The predicted octanol–water partition coefficient (Wildman–Crippen LogP) is 4.05. The number of nitrogens with zero attached hydrogens (tertiary/aromatic N) is 2. The molecule has 1 aromatic heterocycles. The third-order valence-corrected chi connectivity index (χ3v) is 4.56. The molecule has 2 heterocycles. The number of aromatic nitrogens is 2. The molecule has 5 nitrogen and oxygen atoms in total. The van der Waals surface area contributed by atoms with Gasteiger partial charge in [0.15, 0.2) is 0 Å². The van der Waals surface area contributed by atoms with Crippen molar-refractivity contribution in [1.29, 1.82) is 0 Å². The second kappa shape index (κ2) is 6.25. The molecule has 0 fully saturated rings. The maximum absolute atomic E-state index is 12.7. The Bertz CT molecular complexity index is 969. The van der Waals surface area contributed by atoms with Gasteiger partial charge in [0.05, 0.1) is 17.3 Å². The Morgan fingerprint density at radius 3 is 2.69 bits per heavy atom. The van der Waals surface area contributed by atoms with Crippen LogP contribution in [0.5, 0.6) is 0 Å². The number of ether oxygens (including phenoxy) is 1. The predicted molar refractivity (Wildman–Crippen MR) is 101 cm³/mol. The number of para-hydroxylation sites is 1. The zero-order valence-corrected chi connectivity index (χ0v) is 15.3. The highest BCUT2D eigenvalue weighted by Crippen LogP contribution is 2.32. The van der Waals surface area contributed by atoms with E-state index in [1.165, 1.54) is 15.8 Å². The van der Waals surface area contributed by atoms with Gasteiger partial charge in [-0.2, -0.15) is 9.78 Å². The molecule has 0 aliphatic carbocycles. The Labute approximate surface area is 153 Å². The van der Waals surface area contributed by atoms with E-state index in [1.807, 2.05) is 51.1 Å². The number of benzene rings is 2. The number of carbonyl (C=O) groups is 1. The van der Waals surface area contributed by atoms with Crippen molar-refractivity contribution < 1.29 is 9.53 Å². The molecule has 0 unspecified atom stereocenters. The summed E-state index contributed by atoms with van der Waals surface area (Å²) >= 11 is 0. The molecule has 1 atom stereocenters. The summed E-state index contributed by atoms with van der Waals surface area (Å²) in [4.78, 5) is 12.7. The van der Waals surface area contributed by atoms with Crippen molar-refractivity contribution in [2.75, 3.05) is 6.54 Å². The molecular weight excluding hydrogens is 326 g/mol. The third-order valence-electron chi connectivity index (χ3n) is 4.56. The average molecular weight is 349 g/mol. The van der Waals surface area contributed by atoms with Crippen LogP contribution in [0.4, 0.5) is 4.79 Å². The summed E-state index contributed by atoms with van der Waals surface area (Å²) in [7, 11) is 0. The van der Waals surface area contributed by atoms with Gasteiger partial charge in [-0.05, 0) is 44.4 Å². The maximum atomic E-state index is 12.7.